The van der Waals surface area contributed by atoms with Crippen molar-refractivity contribution in [3.8, 4) is 17.2 Å². The van der Waals surface area contributed by atoms with E-state index in [9.17, 15) is 0 Å². The van der Waals surface area contributed by atoms with Gasteiger partial charge in [0.05, 0.1) is 26.3 Å². The van der Waals surface area contributed by atoms with Gasteiger partial charge in [0.2, 0.25) is 5.75 Å². The highest BCUT2D eigenvalue weighted by Crippen LogP contribution is 2.38. The SMILES string of the molecule is CCc1cnc(CCNC(=NC)NCc2cc(OC)c(OC)c(OC)c2)s1. The number of rotatable bonds is 9. The lowest BCUT2D eigenvalue weighted by atomic mass is 10.2. The number of aromatic nitrogens is 1. The second-order valence-corrected chi connectivity index (χ2v) is 6.91. The van der Waals surface area contributed by atoms with Crippen LogP contribution in [0, 0.1) is 0 Å². The van der Waals surface area contributed by atoms with Gasteiger partial charge < -0.3 is 24.8 Å². The molecule has 2 rings (SSSR count). The van der Waals surface area contributed by atoms with Gasteiger partial charge >= 0.3 is 0 Å². The molecule has 0 aliphatic carbocycles. The van der Waals surface area contributed by atoms with E-state index < -0.39 is 0 Å². The van der Waals surface area contributed by atoms with Crippen molar-refractivity contribution in [2.24, 2.45) is 4.99 Å². The Labute approximate surface area is 164 Å². The lowest BCUT2D eigenvalue weighted by molar-refractivity contribution is 0.323. The molecule has 0 saturated heterocycles. The molecule has 0 spiro atoms. The number of methoxy groups -OCH3 is 3. The third kappa shape index (κ3) is 5.75. The van der Waals surface area contributed by atoms with Crippen LogP contribution < -0.4 is 24.8 Å². The summed E-state index contributed by atoms with van der Waals surface area (Å²) in [5.41, 5.74) is 1.000. The Morgan fingerprint density at radius 2 is 1.81 bits per heavy atom. The first kappa shape index (κ1) is 20.8. The number of guanidine groups is 1. The van der Waals surface area contributed by atoms with Gasteiger partial charge in [-0.25, -0.2) is 4.98 Å². The van der Waals surface area contributed by atoms with Gasteiger partial charge in [0.25, 0.3) is 0 Å². The van der Waals surface area contributed by atoms with Crippen molar-refractivity contribution in [3.63, 3.8) is 0 Å². The lowest BCUT2D eigenvalue weighted by Crippen LogP contribution is -2.37. The van der Waals surface area contributed by atoms with E-state index in [-0.39, 0.29) is 0 Å². The Morgan fingerprint density at radius 1 is 1.11 bits per heavy atom. The maximum absolute atomic E-state index is 5.39. The molecular formula is C19H28N4O3S. The Morgan fingerprint density at radius 3 is 2.33 bits per heavy atom. The second-order valence-electron chi connectivity index (χ2n) is 5.71. The van der Waals surface area contributed by atoms with Crippen molar-refractivity contribution < 1.29 is 14.2 Å². The lowest BCUT2D eigenvalue weighted by Gasteiger charge is -2.15. The average Bonchev–Trinajstić information content (AvgIpc) is 3.17. The molecule has 0 amide bonds. The first-order chi connectivity index (χ1) is 13.1. The fourth-order valence-electron chi connectivity index (χ4n) is 2.56. The van der Waals surface area contributed by atoms with Crippen LogP contribution in [0.3, 0.4) is 0 Å². The number of hydrogen-bond donors (Lipinski definition) is 2. The van der Waals surface area contributed by atoms with Gasteiger partial charge in [0.15, 0.2) is 17.5 Å². The molecule has 0 saturated carbocycles. The Hall–Kier alpha value is -2.48. The summed E-state index contributed by atoms with van der Waals surface area (Å²) in [5, 5.41) is 7.75. The zero-order valence-electron chi connectivity index (χ0n) is 16.6. The molecule has 0 bridgehead atoms. The van der Waals surface area contributed by atoms with Crippen LogP contribution in [0.15, 0.2) is 23.3 Å². The van der Waals surface area contributed by atoms with Crippen LogP contribution in [0.5, 0.6) is 17.2 Å². The monoisotopic (exact) mass is 392 g/mol. The van der Waals surface area contributed by atoms with E-state index in [0.717, 1.165) is 35.9 Å². The number of nitrogens with one attached hydrogen (secondary N) is 2. The summed E-state index contributed by atoms with van der Waals surface area (Å²) >= 11 is 1.76. The minimum Gasteiger partial charge on any atom is -0.493 e. The first-order valence-electron chi connectivity index (χ1n) is 8.82. The van der Waals surface area contributed by atoms with Crippen molar-refractivity contribution in [2.75, 3.05) is 34.9 Å². The van der Waals surface area contributed by atoms with E-state index in [4.69, 9.17) is 14.2 Å². The minimum atomic E-state index is 0.577. The number of thiazole rings is 1. The van der Waals surface area contributed by atoms with Crippen molar-refractivity contribution in [3.05, 3.63) is 33.8 Å². The van der Waals surface area contributed by atoms with Crippen LogP contribution in [-0.4, -0.2) is 45.9 Å². The summed E-state index contributed by atoms with van der Waals surface area (Å²) in [7, 11) is 6.56. The summed E-state index contributed by atoms with van der Waals surface area (Å²) in [6, 6.07) is 3.84. The number of aryl methyl sites for hydroxylation is 1. The maximum atomic E-state index is 5.39. The Bertz CT molecular complexity index is 736. The van der Waals surface area contributed by atoms with Crippen LogP contribution in [0.25, 0.3) is 0 Å². The number of hydrogen-bond acceptors (Lipinski definition) is 6. The van der Waals surface area contributed by atoms with Crippen LogP contribution in [0.1, 0.15) is 22.4 Å². The summed E-state index contributed by atoms with van der Waals surface area (Å²) in [6.45, 7) is 3.49. The number of nitrogens with zero attached hydrogens (tertiary/aromatic N) is 2. The third-order valence-corrected chi connectivity index (χ3v) is 5.19. The number of benzene rings is 1. The first-order valence-corrected chi connectivity index (χ1v) is 9.63. The summed E-state index contributed by atoms with van der Waals surface area (Å²) in [6.07, 6.45) is 3.86. The molecule has 8 heteroatoms. The molecule has 0 aliphatic heterocycles. The standard InChI is InChI=1S/C19H28N4O3S/c1-6-14-12-22-17(27-14)7-8-21-19(20-2)23-11-13-9-15(24-3)18(26-5)16(10-13)25-4/h9-10,12H,6-8,11H2,1-5H3,(H2,20,21,23). The quantitative estimate of drug-likeness (QED) is 0.505. The maximum Gasteiger partial charge on any atom is 0.203 e. The summed E-state index contributed by atoms with van der Waals surface area (Å²) in [4.78, 5) is 10.0. The molecule has 27 heavy (non-hydrogen) atoms. The zero-order chi connectivity index (χ0) is 19.6. The fourth-order valence-corrected chi connectivity index (χ4v) is 3.42. The smallest absolute Gasteiger partial charge is 0.203 e. The molecule has 2 aromatic rings. The van der Waals surface area contributed by atoms with Crippen molar-refractivity contribution in [1.82, 2.24) is 15.6 Å². The molecule has 1 aromatic carbocycles. The fraction of sp³-hybridized carbons (Fsp3) is 0.474. The predicted molar refractivity (Wildman–Crippen MR) is 109 cm³/mol. The van der Waals surface area contributed by atoms with Crippen LogP contribution >= 0.6 is 11.3 Å². The van der Waals surface area contributed by atoms with Crippen LogP contribution in [0.4, 0.5) is 0 Å². The minimum absolute atomic E-state index is 0.577. The highest BCUT2D eigenvalue weighted by atomic mass is 32.1. The third-order valence-electron chi connectivity index (χ3n) is 3.99. The largest absolute Gasteiger partial charge is 0.493 e. The van der Waals surface area contributed by atoms with Gasteiger partial charge in [0.1, 0.15) is 0 Å². The van der Waals surface area contributed by atoms with E-state index in [1.807, 2.05) is 18.3 Å². The van der Waals surface area contributed by atoms with Gasteiger partial charge in [-0.3, -0.25) is 4.99 Å². The molecule has 1 aromatic heterocycles. The van der Waals surface area contributed by atoms with E-state index in [2.05, 4.69) is 27.5 Å². The summed E-state index contributed by atoms with van der Waals surface area (Å²) < 4.78 is 16.1. The molecule has 0 aliphatic rings. The van der Waals surface area contributed by atoms with E-state index >= 15 is 0 Å². The highest BCUT2D eigenvalue weighted by Gasteiger charge is 2.13. The molecule has 0 fully saturated rings. The van der Waals surface area contributed by atoms with Gasteiger partial charge in [-0.2, -0.15) is 0 Å². The number of aliphatic imine (C=N–C) groups is 1. The van der Waals surface area contributed by atoms with E-state index in [1.54, 1.807) is 39.7 Å². The van der Waals surface area contributed by atoms with Gasteiger partial charge in [-0.1, -0.05) is 6.92 Å². The topological polar surface area (TPSA) is 77.0 Å². The van der Waals surface area contributed by atoms with Gasteiger partial charge in [0, 0.05) is 37.6 Å². The number of ether oxygens (including phenoxy) is 3. The molecule has 0 unspecified atom stereocenters. The molecule has 148 valence electrons. The van der Waals surface area contributed by atoms with E-state index in [1.165, 1.54) is 4.88 Å². The molecule has 2 N–H and O–H groups in total. The highest BCUT2D eigenvalue weighted by molar-refractivity contribution is 7.11. The molecule has 0 atom stereocenters. The summed E-state index contributed by atoms with van der Waals surface area (Å²) in [5.74, 6) is 2.58. The Balaban J connectivity index is 1.91. The average molecular weight is 393 g/mol. The Kier molecular flexibility index (Phi) is 8.19. The second kappa shape index (κ2) is 10.6. The van der Waals surface area contributed by atoms with Crippen molar-refractivity contribution >= 4 is 17.3 Å². The molecule has 0 radical (unpaired) electrons. The molecular weight excluding hydrogens is 364 g/mol. The van der Waals surface area contributed by atoms with Crippen molar-refractivity contribution in [1.29, 1.82) is 0 Å². The zero-order valence-corrected chi connectivity index (χ0v) is 17.4. The van der Waals surface area contributed by atoms with Crippen molar-refractivity contribution in [2.45, 2.75) is 26.3 Å². The van der Waals surface area contributed by atoms with E-state index in [0.29, 0.717) is 23.8 Å². The predicted octanol–water partition coefficient (Wildman–Crippen LogP) is 2.64. The van der Waals surface area contributed by atoms with Crippen LogP contribution in [0.2, 0.25) is 0 Å². The molecule has 1 heterocycles. The van der Waals surface area contributed by atoms with Gasteiger partial charge in [-0.05, 0) is 24.1 Å². The van der Waals surface area contributed by atoms with Gasteiger partial charge in [-0.15, -0.1) is 11.3 Å². The van der Waals surface area contributed by atoms with Crippen LogP contribution in [-0.2, 0) is 19.4 Å². The normalized spacial score (nSPS) is 11.2. The molecule has 7 nitrogen and oxygen atoms in total.